The lowest BCUT2D eigenvalue weighted by atomic mass is 9.83. The van der Waals surface area contributed by atoms with Gasteiger partial charge in [0, 0.05) is 17.4 Å². The van der Waals surface area contributed by atoms with Crippen LogP contribution in [-0.2, 0) is 42.7 Å². The van der Waals surface area contributed by atoms with Crippen molar-refractivity contribution in [2.24, 2.45) is 29.6 Å². The van der Waals surface area contributed by atoms with Crippen LogP contribution >= 0.6 is 0 Å². The Bertz CT molecular complexity index is 1220. The van der Waals surface area contributed by atoms with Gasteiger partial charge in [-0.25, -0.2) is 4.79 Å². The topological polar surface area (TPSA) is 281 Å². The molecule has 3 aliphatic heterocycles. The largest absolute Gasteiger partial charge is 0.468 e. The van der Waals surface area contributed by atoms with Crippen molar-refractivity contribution < 1.29 is 88.7 Å². The molecule has 4 aliphatic rings. The summed E-state index contributed by atoms with van der Waals surface area (Å²) >= 11 is 0. The first-order valence-electron chi connectivity index (χ1n) is 17.0. The number of esters is 2. The monoisotopic (exact) mass is 736 g/mol. The van der Waals surface area contributed by atoms with Crippen LogP contribution in [-0.4, -0.2) is 165 Å². The van der Waals surface area contributed by atoms with Gasteiger partial charge in [0.25, 0.3) is 0 Å². The van der Waals surface area contributed by atoms with Crippen molar-refractivity contribution in [3.63, 3.8) is 0 Å². The number of methoxy groups -OCH3 is 1. The SMILES string of the molecule is CC=C1[C@H](O[C@@H]2O[C@H](CO)[C@@H](O)[C@H](O)[C@H]2O)OC=C(C(=O)OC)[C@H]1CC(=O)OC[C@H]1[C@@H](C)[C@@H](O)C[C@H]1[C@H](C)CO[C@@H]1O[C@H](CO)[C@@H](O)[C@H](O)[C@H]1O. The third-order valence-electron chi connectivity index (χ3n) is 10.5. The van der Waals surface area contributed by atoms with Crippen LogP contribution in [0, 0.1) is 29.6 Å². The molecule has 292 valence electrons. The number of hydrogen-bond acceptors (Lipinski definition) is 18. The molecular formula is C33H52O18. The first kappa shape index (κ1) is 41.5. The smallest absolute Gasteiger partial charge is 0.337 e. The van der Waals surface area contributed by atoms with E-state index in [9.17, 15) is 55.5 Å². The number of hydrogen-bond donors (Lipinski definition) is 9. The van der Waals surface area contributed by atoms with Gasteiger partial charge in [-0.15, -0.1) is 0 Å². The van der Waals surface area contributed by atoms with E-state index in [1.54, 1.807) is 6.92 Å². The molecule has 18 heteroatoms. The minimum atomic E-state index is -1.74. The highest BCUT2D eigenvalue weighted by Gasteiger charge is 2.48. The number of aliphatic hydroxyl groups is 9. The molecule has 0 radical (unpaired) electrons. The highest BCUT2D eigenvalue weighted by molar-refractivity contribution is 5.90. The summed E-state index contributed by atoms with van der Waals surface area (Å²) in [5.74, 6) is -3.57. The Balaban J connectivity index is 1.41. The number of rotatable bonds is 13. The fraction of sp³-hybridized carbons (Fsp3) is 0.818. The van der Waals surface area contributed by atoms with Crippen LogP contribution in [0.1, 0.15) is 33.6 Å². The zero-order valence-corrected chi connectivity index (χ0v) is 28.9. The molecule has 0 unspecified atom stereocenters. The van der Waals surface area contributed by atoms with Crippen molar-refractivity contribution >= 4 is 11.9 Å². The summed E-state index contributed by atoms with van der Waals surface area (Å²) in [5.41, 5.74) is 0.228. The minimum absolute atomic E-state index is 0.00703. The van der Waals surface area contributed by atoms with E-state index in [1.807, 2.05) is 13.8 Å². The summed E-state index contributed by atoms with van der Waals surface area (Å²) in [7, 11) is 1.15. The molecule has 18 nitrogen and oxygen atoms in total. The second-order valence-electron chi connectivity index (χ2n) is 13.6. The molecule has 0 bridgehead atoms. The highest BCUT2D eigenvalue weighted by atomic mass is 16.8. The summed E-state index contributed by atoms with van der Waals surface area (Å²) in [6.45, 7) is 3.89. The van der Waals surface area contributed by atoms with Crippen LogP contribution in [0.5, 0.6) is 0 Å². The van der Waals surface area contributed by atoms with Crippen LogP contribution in [0.3, 0.4) is 0 Å². The lowest BCUT2D eigenvalue weighted by Crippen LogP contribution is -2.60. The van der Waals surface area contributed by atoms with Crippen molar-refractivity contribution in [3.8, 4) is 0 Å². The maximum atomic E-state index is 13.4. The van der Waals surface area contributed by atoms with E-state index in [4.69, 9.17) is 33.2 Å². The molecule has 2 saturated heterocycles. The van der Waals surface area contributed by atoms with Crippen molar-refractivity contribution in [2.45, 2.75) is 107 Å². The van der Waals surface area contributed by atoms with Crippen LogP contribution in [0.25, 0.3) is 0 Å². The van der Waals surface area contributed by atoms with Crippen molar-refractivity contribution in [3.05, 3.63) is 23.5 Å². The van der Waals surface area contributed by atoms with Gasteiger partial charge in [0.15, 0.2) is 12.6 Å². The fourth-order valence-corrected chi connectivity index (χ4v) is 7.19. The Kier molecular flexibility index (Phi) is 14.8. The normalized spacial score (nSPS) is 42.9. The lowest BCUT2D eigenvalue weighted by molar-refractivity contribution is -0.327. The Labute approximate surface area is 294 Å². The van der Waals surface area contributed by atoms with E-state index < -0.39 is 105 Å². The molecule has 0 spiro atoms. The standard InChI is InChI=1S/C33H52O18/c1-5-15-17(19(30(44)45-4)12-48-31(15)51-33-29(43)27(41)25(39)22(9-35)50-33)7-23(37)46-11-18-14(3)20(36)6-16(18)13(2)10-47-32-28(42)26(40)24(38)21(8-34)49-32/h5,12-14,16-18,20-22,24-29,31-36,38-43H,6-11H2,1-4H3/t13-,14-,16+,17+,18+,20+,21-,22-,24-,25-,26+,27+,28-,29-,31+,32-,33+/m1/s1. The van der Waals surface area contributed by atoms with Gasteiger partial charge in [-0.2, -0.15) is 0 Å². The second-order valence-corrected chi connectivity index (χ2v) is 13.6. The molecule has 1 saturated carbocycles. The molecule has 0 amide bonds. The molecule has 51 heavy (non-hydrogen) atoms. The van der Waals surface area contributed by atoms with E-state index in [0.29, 0.717) is 6.42 Å². The highest BCUT2D eigenvalue weighted by Crippen LogP contribution is 2.42. The summed E-state index contributed by atoms with van der Waals surface area (Å²) in [6.07, 6.45) is -14.5. The number of aliphatic hydroxyl groups excluding tert-OH is 9. The number of carbonyl (C=O) groups excluding carboxylic acids is 2. The predicted octanol–water partition coefficient (Wildman–Crippen LogP) is -3.20. The van der Waals surface area contributed by atoms with Crippen molar-refractivity contribution in [2.75, 3.05) is 33.5 Å². The molecule has 3 heterocycles. The van der Waals surface area contributed by atoms with E-state index in [-0.39, 0.29) is 54.5 Å². The Hall–Kier alpha value is -2.30. The third-order valence-corrected chi connectivity index (χ3v) is 10.5. The summed E-state index contributed by atoms with van der Waals surface area (Å²) < 4.78 is 38.6. The van der Waals surface area contributed by atoms with Gasteiger partial charge in [-0.3, -0.25) is 4.79 Å². The molecular weight excluding hydrogens is 684 g/mol. The average Bonchev–Trinajstić information content (AvgIpc) is 3.41. The fourth-order valence-electron chi connectivity index (χ4n) is 7.19. The minimum Gasteiger partial charge on any atom is -0.468 e. The van der Waals surface area contributed by atoms with E-state index in [2.05, 4.69) is 0 Å². The third kappa shape index (κ3) is 9.09. The zero-order chi connectivity index (χ0) is 37.7. The van der Waals surface area contributed by atoms with E-state index in [0.717, 1.165) is 13.4 Å². The molecule has 0 aromatic carbocycles. The lowest BCUT2D eigenvalue weighted by Gasteiger charge is -2.42. The molecule has 17 atom stereocenters. The van der Waals surface area contributed by atoms with Crippen LogP contribution in [0.2, 0.25) is 0 Å². The Morgan fingerprint density at radius 3 is 2.08 bits per heavy atom. The molecule has 0 aromatic rings. The van der Waals surface area contributed by atoms with Gasteiger partial charge in [0.05, 0.1) is 57.9 Å². The van der Waals surface area contributed by atoms with Gasteiger partial charge in [0.1, 0.15) is 48.8 Å². The number of carbonyl (C=O) groups is 2. The molecule has 1 aliphatic carbocycles. The Morgan fingerprint density at radius 2 is 1.51 bits per heavy atom. The van der Waals surface area contributed by atoms with E-state index in [1.165, 1.54) is 6.08 Å². The number of allylic oxidation sites excluding steroid dienone is 1. The summed E-state index contributed by atoms with van der Waals surface area (Å²) in [5, 5.41) is 91.0. The second kappa shape index (κ2) is 18.2. The van der Waals surface area contributed by atoms with Gasteiger partial charge in [0.2, 0.25) is 6.29 Å². The van der Waals surface area contributed by atoms with Gasteiger partial charge in [-0.05, 0) is 31.1 Å². The quantitative estimate of drug-likeness (QED) is 0.0665. The zero-order valence-electron chi connectivity index (χ0n) is 28.9. The molecule has 0 aromatic heterocycles. The summed E-state index contributed by atoms with van der Waals surface area (Å²) in [4.78, 5) is 26.1. The van der Waals surface area contributed by atoms with Crippen LogP contribution < -0.4 is 0 Å². The van der Waals surface area contributed by atoms with Crippen LogP contribution in [0.15, 0.2) is 23.5 Å². The molecule has 4 rings (SSSR count). The van der Waals surface area contributed by atoms with Crippen molar-refractivity contribution in [1.29, 1.82) is 0 Å². The molecule has 9 N–H and O–H groups in total. The molecule has 3 fully saturated rings. The first-order chi connectivity index (χ1) is 24.2. The maximum absolute atomic E-state index is 13.4. The predicted molar refractivity (Wildman–Crippen MR) is 168 cm³/mol. The average molecular weight is 737 g/mol. The van der Waals surface area contributed by atoms with Crippen molar-refractivity contribution in [1.82, 2.24) is 0 Å². The first-order valence-corrected chi connectivity index (χ1v) is 17.0. The maximum Gasteiger partial charge on any atom is 0.337 e. The van der Waals surface area contributed by atoms with E-state index >= 15 is 0 Å². The van der Waals surface area contributed by atoms with Gasteiger partial charge in [-0.1, -0.05) is 19.9 Å². The Morgan fingerprint density at radius 1 is 0.922 bits per heavy atom. The van der Waals surface area contributed by atoms with Crippen LogP contribution in [0.4, 0.5) is 0 Å². The number of ether oxygens (including phenoxy) is 7. The van der Waals surface area contributed by atoms with Gasteiger partial charge >= 0.3 is 11.9 Å². The summed E-state index contributed by atoms with van der Waals surface area (Å²) in [6, 6.07) is 0. The van der Waals surface area contributed by atoms with Gasteiger partial charge < -0.3 is 79.1 Å².